The molecule has 0 saturated heterocycles. The minimum Gasteiger partial charge on any atom is -0.292 e. The number of aromatic nitrogens is 2. The molecule has 9 aromatic carbocycles. The molecule has 1 heterocycles. The summed E-state index contributed by atoms with van der Waals surface area (Å²) in [6, 6.07) is 68.5. The third kappa shape index (κ3) is 5.14. The molecule has 2 nitrogen and oxygen atoms in total. The molecule has 0 fully saturated rings. The summed E-state index contributed by atoms with van der Waals surface area (Å²) in [6.45, 7) is 0. The molecule has 11 rings (SSSR count). The van der Waals surface area contributed by atoms with Crippen LogP contribution in [-0.2, 0) is 6.42 Å². The minimum atomic E-state index is 0.939. The average Bonchev–Trinajstić information content (AvgIpc) is 3.65. The lowest BCUT2D eigenvalue weighted by atomic mass is 9.79. The number of para-hydroxylation sites is 3. The summed E-state index contributed by atoms with van der Waals surface area (Å²) in [5, 5.41) is 7.63. The predicted molar refractivity (Wildman–Crippen MR) is 232 cm³/mol. The van der Waals surface area contributed by atoms with Crippen molar-refractivity contribution in [2.75, 3.05) is 0 Å². The standard InChI is InChI=1S/C53H36N2/c1-2-18-40(19-3-1)55-50-27-11-10-26-49(50)54-53(55)38-30-28-35(29-31-38)39-32-33-47-48(34-39)52(44-25-13-17-37-15-5-7-21-42(37)44)46-23-9-8-22-45(46)51(47)43-24-12-16-36-14-4-6-20-41(36)43/h1-12,14-16,18-34H,13,17H2. The first-order valence-electron chi connectivity index (χ1n) is 19.2. The van der Waals surface area contributed by atoms with Gasteiger partial charge in [0.05, 0.1) is 11.0 Å². The van der Waals surface area contributed by atoms with Gasteiger partial charge in [-0.25, -0.2) is 4.98 Å². The fraction of sp³-hybridized carbons (Fsp3) is 0.0377. The third-order valence-corrected chi connectivity index (χ3v) is 11.5. The lowest BCUT2D eigenvalue weighted by Gasteiger charge is -2.24. The van der Waals surface area contributed by atoms with Crippen LogP contribution in [0.5, 0.6) is 0 Å². The van der Waals surface area contributed by atoms with Gasteiger partial charge < -0.3 is 0 Å². The summed E-state index contributed by atoms with van der Waals surface area (Å²) in [4.78, 5) is 5.13. The number of benzene rings is 9. The average molecular weight is 701 g/mol. The van der Waals surface area contributed by atoms with Crippen molar-refractivity contribution >= 4 is 48.9 Å². The van der Waals surface area contributed by atoms with Crippen LogP contribution in [0.2, 0.25) is 0 Å². The first-order valence-corrected chi connectivity index (χ1v) is 19.2. The first kappa shape index (κ1) is 31.5. The topological polar surface area (TPSA) is 17.8 Å². The molecule has 10 aromatic rings. The van der Waals surface area contributed by atoms with E-state index < -0.39 is 0 Å². The number of hydrogen-bond acceptors (Lipinski definition) is 1. The highest BCUT2D eigenvalue weighted by atomic mass is 15.1. The van der Waals surface area contributed by atoms with Crippen LogP contribution in [0.3, 0.4) is 0 Å². The second-order valence-corrected chi connectivity index (χ2v) is 14.6. The van der Waals surface area contributed by atoms with Crippen molar-refractivity contribution in [1.82, 2.24) is 9.55 Å². The Kier molecular flexibility index (Phi) is 7.34. The van der Waals surface area contributed by atoms with E-state index >= 15 is 0 Å². The summed E-state index contributed by atoms with van der Waals surface area (Å²) in [5.74, 6) is 0.939. The van der Waals surface area contributed by atoms with Crippen LogP contribution in [0.15, 0.2) is 194 Å². The Hall–Kier alpha value is -7.03. The van der Waals surface area contributed by atoms with Gasteiger partial charge in [0.2, 0.25) is 0 Å². The minimum absolute atomic E-state index is 0.939. The summed E-state index contributed by atoms with van der Waals surface area (Å²) in [6.07, 6.45) is 4.57. The van der Waals surface area contributed by atoms with E-state index in [0.717, 1.165) is 41.0 Å². The van der Waals surface area contributed by atoms with Crippen LogP contribution in [0, 0.1) is 0 Å². The maximum atomic E-state index is 5.13. The monoisotopic (exact) mass is 700 g/mol. The van der Waals surface area contributed by atoms with Crippen molar-refractivity contribution in [1.29, 1.82) is 0 Å². The van der Waals surface area contributed by atoms with Gasteiger partial charge in [0.25, 0.3) is 0 Å². The first-order chi connectivity index (χ1) is 27.3. The molecule has 0 N–H and O–H groups in total. The molecule has 1 aliphatic rings. The molecule has 0 radical (unpaired) electrons. The van der Waals surface area contributed by atoms with E-state index in [2.05, 4.69) is 199 Å². The van der Waals surface area contributed by atoms with Crippen molar-refractivity contribution in [3.8, 4) is 39.3 Å². The Balaban J connectivity index is 1.14. The highest BCUT2D eigenvalue weighted by Crippen LogP contribution is 2.47. The Morgan fingerprint density at radius 2 is 1.07 bits per heavy atom. The quantitative estimate of drug-likeness (QED) is 0.163. The molecule has 0 unspecified atom stereocenters. The molecule has 0 saturated carbocycles. The van der Waals surface area contributed by atoms with Gasteiger partial charge in [-0.1, -0.05) is 164 Å². The predicted octanol–water partition coefficient (Wildman–Crippen LogP) is 13.9. The molecule has 55 heavy (non-hydrogen) atoms. The van der Waals surface area contributed by atoms with Crippen molar-refractivity contribution < 1.29 is 0 Å². The lowest BCUT2D eigenvalue weighted by Crippen LogP contribution is -2.03. The van der Waals surface area contributed by atoms with Crippen LogP contribution in [0.4, 0.5) is 0 Å². The number of allylic oxidation sites excluding steroid dienone is 1. The summed E-state index contributed by atoms with van der Waals surface area (Å²) >= 11 is 0. The normalized spacial score (nSPS) is 12.7. The van der Waals surface area contributed by atoms with Gasteiger partial charge >= 0.3 is 0 Å². The fourth-order valence-electron chi connectivity index (χ4n) is 8.97. The molecule has 1 aromatic heterocycles. The van der Waals surface area contributed by atoms with Gasteiger partial charge in [-0.15, -0.1) is 0 Å². The number of hydrogen-bond donors (Lipinski definition) is 0. The number of nitrogens with zero attached hydrogens (tertiary/aromatic N) is 2. The van der Waals surface area contributed by atoms with Crippen LogP contribution in [0.25, 0.3) is 88.3 Å². The highest BCUT2D eigenvalue weighted by Gasteiger charge is 2.23. The molecule has 258 valence electrons. The van der Waals surface area contributed by atoms with Crippen molar-refractivity contribution in [2.24, 2.45) is 0 Å². The Morgan fingerprint density at radius 1 is 0.436 bits per heavy atom. The molecule has 0 atom stereocenters. The third-order valence-electron chi connectivity index (χ3n) is 11.5. The van der Waals surface area contributed by atoms with E-state index in [4.69, 9.17) is 4.98 Å². The molecular formula is C53H36N2. The molecule has 2 heteroatoms. The zero-order chi connectivity index (χ0) is 36.3. The summed E-state index contributed by atoms with van der Waals surface area (Å²) in [7, 11) is 0. The number of rotatable bonds is 5. The van der Waals surface area contributed by atoms with E-state index in [9.17, 15) is 0 Å². The van der Waals surface area contributed by atoms with Gasteiger partial charge in [0, 0.05) is 11.3 Å². The molecule has 0 spiro atoms. The zero-order valence-electron chi connectivity index (χ0n) is 30.3. The van der Waals surface area contributed by atoms with Gasteiger partial charge in [0.1, 0.15) is 5.82 Å². The van der Waals surface area contributed by atoms with Crippen molar-refractivity contribution in [2.45, 2.75) is 12.8 Å². The zero-order valence-corrected chi connectivity index (χ0v) is 30.3. The Bertz CT molecular complexity index is 3120. The maximum absolute atomic E-state index is 5.13. The number of imidazole rings is 1. The number of aryl methyl sites for hydroxylation is 1. The Labute approximate surface area is 320 Å². The SMILES string of the molecule is C1=C(c2c3ccccc3c(-c3cccc4ccccc34)c3ccc(-c4ccc(-c5nc6ccccc6n5-c5ccccc5)cc4)cc23)c2ccccc2CC1. The van der Waals surface area contributed by atoms with E-state index in [-0.39, 0.29) is 0 Å². The van der Waals surface area contributed by atoms with Crippen molar-refractivity contribution in [3.05, 3.63) is 211 Å². The Morgan fingerprint density at radius 3 is 1.95 bits per heavy atom. The van der Waals surface area contributed by atoms with E-state index in [1.54, 1.807) is 0 Å². The maximum Gasteiger partial charge on any atom is 0.145 e. The summed E-state index contributed by atoms with van der Waals surface area (Å²) < 4.78 is 2.27. The van der Waals surface area contributed by atoms with Gasteiger partial charge in [-0.3, -0.25) is 4.57 Å². The molecule has 0 bridgehead atoms. The summed E-state index contributed by atoms with van der Waals surface area (Å²) in [5.41, 5.74) is 14.6. The van der Waals surface area contributed by atoms with Crippen molar-refractivity contribution in [3.63, 3.8) is 0 Å². The molecule has 0 amide bonds. The second kappa shape index (κ2) is 12.8. The van der Waals surface area contributed by atoms with E-state index in [1.165, 1.54) is 76.8 Å². The highest BCUT2D eigenvalue weighted by molar-refractivity contribution is 6.22. The largest absolute Gasteiger partial charge is 0.292 e. The molecule has 1 aliphatic carbocycles. The molecule has 0 aliphatic heterocycles. The smallest absolute Gasteiger partial charge is 0.145 e. The van der Waals surface area contributed by atoms with Crippen LogP contribution >= 0.6 is 0 Å². The number of fused-ring (bicyclic) bond motifs is 5. The van der Waals surface area contributed by atoms with Gasteiger partial charge in [-0.05, 0) is 120 Å². The van der Waals surface area contributed by atoms with E-state index in [0.29, 0.717) is 0 Å². The van der Waals surface area contributed by atoms with E-state index in [1.807, 2.05) is 0 Å². The fourth-order valence-corrected chi connectivity index (χ4v) is 8.97. The van der Waals surface area contributed by atoms with Crippen LogP contribution in [-0.4, -0.2) is 9.55 Å². The van der Waals surface area contributed by atoms with Gasteiger partial charge in [-0.2, -0.15) is 0 Å². The second-order valence-electron chi connectivity index (χ2n) is 14.6. The molecular weight excluding hydrogens is 665 g/mol. The van der Waals surface area contributed by atoms with Crippen LogP contribution < -0.4 is 0 Å². The van der Waals surface area contributed by atoms with Crippen LogP contribution in [0.1, 0.15) is 23.1 Å². The lowest BCUT2D eigenvalue weighted by molar-refractivity contribution is 0.978. The van der Waals surface area contributed by atoms with Gasteiger partial charge in [0.15, 0.2) is 0 Å².